The minimum absolute atomic E-state index is 0.378. The van der Waals surface area contributed by atoms with Crippen molar-refractivity contribution < 1.29 is 4.74 Å². The maximum Gasteiger partial charge on any atom is 0.138 e. The molecule has 0 N–H and O–H groups in total. The van der Waals surface area contributed by atoms with Gasteiger partial charge in [-0.05, 0) is 19.1 Å². The van der Waals surface area contributed by atoms with Crippen molar-refractivity contribution in [2.24, 2.45) is 0 Å². The Labute approximate surface area is 94.4 Å². The van der Waals surface area contributed by atoms with Gasteiger partial charge < -0.3 is 4.74 Å². The van der Waals surface area contributed by atoms with Gasteiger partial charge in [-0.25, -0.2) is 0 Å². The van der Waals surface area contributed by atoms with E-state index in [0.29, 0.717) is 29.4 Å². The fraction of sp³-hybridized carbons (Fsp3) is 0.250. The van der Waals surface area contributed by atoms with Crippen molar-refractivity contribution in [1.29, 1.82) is 5.26 Å². The van der Waals surface area contributed by atoms with E-state index in [2.05, 4.69) is 11.8 Å². The zero-order chi connectivity index (χ0) is 11.1. The Bertz CT molecular complexity index is 437. The number of halogens is 1. The molecule has 0 heterocycles. The van der Waals surface area contributed by atoms with Gasteiger partial charge in [-0.15, -0.1) is 11.8 Å². The van der Waals surface area contributed by atoms with Gasteiger partial charge in [0.1, 0.15) is 17.4 Å². The summed E-state index contributed by atoms with van der Waals surface area (Å²) >= 11 is 5.84. The maximum absolute atomic E-state index is 8.86. The Kier molecular flexibility index (Phi) is 4.54. The summed E-state index contributed by atoms with van der Waals surface area (Å²) in [6.45, 7) is 2.25. The van der Waals surface area contributed by atoms with Crippen LogP contribution in [0.3, 0.4) is 0 Å². The van der Waals surface area contributed by atoms with Gasteiger partial charge >= 0.3 is 0 Å². The van der Waals surface area contributed by atoms with Gasteiger partial charge in [0.15, 0.2) is 0 Å². The van der Waals surface area contributed by atoms with E-state index in [-0.39, 0.29) is 0 Å². The molecule has 0 aliphatic heterocycles. The summed E-state index contributed by atoms with van der Waals surface area (Å²) in [6, 6.07) is 7.16. The molecule has 1 aromatic carbocycles. The zero-order valence-corrected chi connectivity index (χ0v) is 9.14. The molecule has 0 amide bonds. The lowest BCUT2D eigenvalue weighted by atomic mass is 10.2. The molecule has 0 aliphatic carbocycles. The van der Waals surface area contributed by atoms with Crippen molar-refractivity contribution in [3.8, 4) is 23.7 Å². The third-order valence-corrected chi connectivity index (χ3v) is 2.06. The van der Waals surface area contributed by atoms with Crippen LogP contribution in [0.1, 0.15) is 18.9 Å². The predicted molar refractivity (Wildman–Crippen MR) is 59.7 cm³/mol. The first-order chi connectivity index (χ1) is 7.29. The summed E-state index contributed by atoms with van der Waals surface area (Å²) in [6.07, 6.45) is 0.647. The minimum Gasteiger partial charge on any atom is -0.491 e. The molecule has 3 heteroatoms. The number of rotatable bonds is 3. The van der Waals surface area contributed by atoms with Crippen molar-refractivity contribution in [1.82, 2.24) is 0 Å². The van der Waals surface area contributed by atoms with E-state index in [1.807, 2.05) is 6.07 Å². The summed E-state index contributed by atoms with van der Waals surface area (Å²) in [4.78, 5) is 0. The van der Waals surface area contributed by atoms with E-state index >= 15 is 0 Å². The summed E-state index contributed by atoms with van der Waals surface area (Å²) in [7, 11) is 0. The molecule has 15 heavy (non-hydrogen) atoms. The zero-order valence-electron chi connectivity index (χ0n) is 8.38. The summed E-state index contributed by atoms with van der Waals surface area (Å²) < 4.78 is 5.40. The van der Waals surface area contributed by atoms with Gasteiger partial charge in [0.25, 0.3) is 0 Å². The Morgan fingerprint density at radius 1 is 1.47 bits per heavy atom. The number of ether oxygens (including phenoxy) is 1. The summed E-state index contributed by atoms with van der Waals surface area (Å²) in [5.41, 5.74) is 0.378. The highest BCUT2D eigenvalue weighted by molar-refractivity contribution is 6.31. The van der Waals surface area contributed by atoms with Crippen LogP contribution in [-0.4, -0.2) is 6.61 Å². The molecule has 0 unspecified atom stereocenters. The highest BCUT2D eigenvalue weighted by atomic mass is 35.5. The quantitative estimate of drug-likeness (QED) is 0.578. The molecule has 0 aromatic heterocycles. The normalized spacial score (nSPS) is 8.60. The highest BCUT2D eigenvalue weighted by Crippen LogP contribution is 2.25. The van der Waals surface area contributed by atoms with Gasteiger partial charge in [-0.3, -0.25) is 0 Å². The molecule has 0 saturated heterocycles. The number of nitrogens with zero attached hydrogens (tertiary/aromatic N) is 1. The monoisotopic (exact) mass is 219 g/mol. The van der Waals surface area contributed by atoms with Crippen LogP contribution in [0.5, 0.6) is 5.75 Å². The van der Waals surface area contributed by atoms with Gasteiger partial charge in [-0.2, -0.15) is 5.26 Å². The lowest BCUT2D eigenvalue weighted by Gasteiger charge is -2.06. The van der Waals surface area contributed by atoms with Gasteiger partial charge in [0.2, 0.25) is 0 Å². The first-order valence-electron chi connectivity index (χ1n) is 4.50. The van der Waals surface area contributed by atoms with E-state index in [1.165, 1.54) is 0 Å². The summed E-state index contributed by atoms with van der Waals surface area (Å²) in [5, 5.41) is 9.27. The molecule has 0 saturated carbocycles. The lowest BCUT2D eigenvalue weighted by molar-refractivity contribution is 0.326. The Hall–Kier alpha value is -1.64. The van der Waals surface area contributed by atoms with Gasteiger partial charge in [0, 0.05) is 6.42 Å². The molecule has 0 aliphatic rings. The van der Waals surface area contributed by atoms with E-state index in [9.17, 15) is 0 Å². The van der Waals surface area contributed by atoms with Crippen LogP contribution in [0.4, 0.5) is 0 Å². The van der Waals surface area contributed by atoms with E-state index < -0.39 is 0 Å². The van der Waals surface area contributed by atoms with Crippen LogP contribution in [0.25, 0.3) is 0 Å². The van der Waals surface area contributed by atoms with E-state index in [4.69, 9.17) is 21.6 Å². The number of nitriles is 1. The SMILES string of the molecule is CC#CCCOc1cccc(Cl)c1C#N. The standard InChI is InChI=1S/C12H10ClNO/c1-2-3-4-8-15-12-7-5-6-11(13)10(12)9-14/h5-7H,4,8H2,1H3. The Balaban J connectivity index is 2.72. The van der Waals surface area contributed by atoms with Crippen molar-refractivity contribution in [2.45, 2.75) is 13.3 Å². The van der Waals surface area contributed by atoms with Crippen molar-refractivity contribution in [3.63, 3.8) is 0 Å². The smallest absolute Gasteiger partial charge is 0.138 e. The third-order valence-electron chi connectivity index (χ3n) is 1.75. The second-order valence-electron chi connectivity index (χ2n) is 2.75. The first kappa shape index (κ1) is 11.4. The van der Waals surface area contributed by atoms with Crippen LogP contribution in [0.15, 0.2) is 18.2 Å². The van der Waals surface area contributed by atoms with Gasteiger partial charge in [0.05, 0.1) is 11.6 Å². The average Bonchev–Trinajstić information content (AvgIpc) is 2.24. The lowest BCUT2D eigenvalue weighted by Crippen LogP contribution is -1.98. The average molecular weight is 220 g/mol. The minimum atomic E-state index is 0.378. The van der Waals surface area contributed by atoms with Crippen LogP contribution in [-0.2, 0) is 0 Å². The fourth-order valence-electron chi connectivity index (χ4n) is 1.07. The molecule has 0 radical (unpaired) electrons. The number of hydrogen-bond acceptors (Lipinski definition) is 2. The predicted octanol–water partition coefficient (Wildman–Crippen LogP) is 3.00. The first-order valence-corrected chi connectivity index (χ1v) is 4.88. The highest BCUT2D eigenvalue weighted by Gasteiger charge is 2.06. The third kappa shape index (κ3) is 3.20. The van der Waals surface area contributed by atoms with Crippen LogP contribution in [0, 0.1) is 23.2 Å². The molecule has 1 rings (SSSR count). The Morgan fingerprint density at radius 3 is 2.93 bits per heavy atom. The summed E-state index contributed by atoms with van der Waals surface area (Å²) in [5.74, 6) is 6.17. The Morgan fingerprint density at radius 2 is 2.27 bits per heavy atom. The molecule has 0 bridgehead atoms. The molecular formula is C12H10ClNO. The molecule has 0 atom stereocenters. The largest absolute Gasteiger partial charge is 0.491 e. The molecule has 0 spiro atoms. The second-order valence-corrected chi connectivity index (χ2v) is 3.16. The topological polar surface area (TPSA) is 33.0 Å². The van der Waals surface area contributed by atoms with E-state index in [0.717, 1.165) is 0 Å². The van der Waals surface area contributed by atoms with Crippen LogP contribution >= 0.6 is 11.6 Å². The molecule has 0 fully saturated rings. The van der Waals surface area contributed by atoms with Gasteiger partial charge in [-0.1, -0.05) is 17.7 Å². The fourth-order valence-corrected chi connectivity index (χ4v) is 1.28. The molecular weight excluding hydrogens is 210 g/mol. The molecule has 1 aromatic rings. The molecule has 2 nitrogen and oxygen atoms in total. The van der Waals surface area contributed by atoms with Crippen molar-refractivity contribution >= 4 is 11.6 Å². The number of benzene rings is 1. The maximum atomic E-state index is 8.86. The van der Waals surface area contributed by atoms with Crippen molar-refractivity contribution in [3.05, 3.63) is 28.8 Å². The van der Waals surface area contributed by atoms with E-state index in [1.54, 1.807) is 25.1 Å². The van der Waals surface area contributed by atoms with Crippen LogP contribution in [0.2, 0.25) is 5.02 Å². The molecule has 76 valence electrons. The second kappa shape index (κ2) is 5.96. The van der Waals surface area contributed by atoms with Crippen molar-refractivity contribution in [2.75, 3.05) is 6.61 Å². The van der Waals surface area contributed by atoms with Crippen LogP contribution < -0.4 is 4.74 Å². The number of hydrogen-bond donors (Lipinski definition) is 0.